The van der Waals surface area contributed by atoms with Gasteiger partial charge in [0, 0.05) is 25.2 Å². The number of hydrogen-bond donors (Lipinski definition) is 1. The van der Waals surface area contributed by atoms with E-state index in [-0.39, 0.29) is 22.4 Å². The number of carbonyl (C=O) groups is 1. The zero-order valence-corrected chi connectivity index (χ0v) is 16.5. The first-order valence-electron chi connectivity index (χ1n) is 8.95. The standard InChI is InChI=1S/C18H25ClFN3O4/c1-18(2,3)27-17(24)22-10-6-4-5-7-12(11-22)21-16-14(23(25)26)9-8-13(20)15(16)19/h8-9,12,21H,4-7,10-11H2,1-3H3/t12-/m1/s1. The molecular weight excluding hydrogens is 377 g/mol. The van der Waals surface area contributed by atoms with E-state index in [1.54, 1.807) is 25.7 Å². The van der Waals surface area contributed by atoms with Crippen molar-refractivity contribution in [2.75, 3.05) is 18.4 Å². The van der Waals surface area contributed by atoms with E-state index in [0.29, 0.717) is 19.5 Å². The smallest absolute Gasteiger partial charge is 0.410 e. The van der Waals surface area contributed by atoms with E-state index in [0.717, 1.165) is 31.4 Å². The molecule has 1 amide bonds. The molecule has 1 fully saturated rings. The van der Waals surface area contributed by atoms with Crippen LogP contribution in [0.2, 0.25) is 5.02 Å². The van der Waals surface area contributed by atoms with Gasteiger partial charge >= 0.3 is 6.09 Å². The lowest BCUT2D eigenvalue weighted by molar-refractivity contribution is -0.384. The number of ether oxygens (including phenoxy) is 1. The van der Waals surface area contributed by atoms with Crippen molar-refractivity contribution in [3.8, 4) is 0 Å². The van der Waals surface area contributed by atoms with Crippen LogP contribution in [0.1, 0.15) is 46.5 Å². The minimum Gasteiger partial charge on any atom is -0.444 e. The Morgan fingerprint density at radius 2 is 2.07 bits per heavy atom. The Morgan fingerprint density at radius 3 is 2.70 bits per heavy atom. The van der Waals surface area contributed by atoms with Crippen molar-refractivity contribution in [3.05, 3.63) is 33.1 Å². The Balaban J connectivity index is 2.22. The molecule has 1 aromatic carbocycles. The second kappa shape index (κ2) is 8.73. The Labute approximate surface area is 163 Å². The molecule has 27 heavy (non-hydrogen) atoms. The van der Waals surface area contributed by atoms with Crippen LogP contribution in [0.5, 0.6) is 0 Å². The van der Waals surface area contributed by atoms with Crippen molar-refractivity contribution < 1.29 is 18.8 Å². The summed E-state index contributed by atoms with van der Waals surface area (Å²) in [4.78, 5) is 24.7. The molecule has 1 aliphatic rings. The molecule has 0 saturated carbocycles. The largest absolute Gasteiger partial charge is 0.444 e. The van der Waals surface area contributed by atoms with Crippen LogP contribution >= 0.6 is 11.6 Å². The van der Waals surface area contributed by atoms with E-state index in [2.05, 4.69) is 5.32 Å². The summed E-state index contributed by atoms with van der Waals surface area (Å²) in [5, 5.41) is 13.9. The minimum absolute atomic E-state index is 0.0589. The number of amides is 1. The molecule has 1 heterocycles. The fourth-order valence-electron chi connectivity index (χ4n) is 2.96. The molecule has 9 heteroatoms. The lowest BCUT2D eigenvalue weighted by Gasteiger charge is -2.32. The van der Waals surface area contributed by atoms with Crippen molar-refractivity contribution >= 4 is 29.1 Å². The number of nitrogens with one attached hydrogen (secondary N) is 1. The first-order valence-corrected chi connectivity index (χ1v) is 9.33. The van der Waals surface area contributed by atoms with Crippen LogP contribution in [-0.2, 0) is 4.74 Å². The van der Waals surface area contributed by atoms with E-state index >= 15 is 0 Å². The van der Waals surface area contributed by atoms with E-state index < -0.39 is 22.4 Å². The number of benzene rings is 1. The van der Waals surface area contributed by atoms with Gasteiger partial charge in [-0.05, 0) is 39.7 Å². The van der Waals surface area contributed by atoms with Crippen LogP contribution in [-0.4, -0.2) is 40.6 Å². The number of carbonyl (C=O) groups excluding carboxylic acids is 1. The second-order valence-electron chi connectivity index (χ2n) is 7.63. The molecule has 0 bridgehead atoms. The van der Waals surface area contributed by atoms with Gasteiger partial charge in [0.1, 0.15) is 22.1 Å². The number of rotatable bonds is 3. The van der Waals surface area contributed by atoms with Gasteiger partial charge in [-0.2, -0.15) is 0 Å². The number of nitro groups is 1. The van der Waals surface area contributed by atoms with E-state index in [4.69, 9.17) is 16.3 Å². The average Bonchev–Trinajstić information content (AvgIpc) is 2.51. The maximum absolute atomic E-state index is 13.8. The molecular formula is C18H25ClFN3O4. The van der Waals surface area contributed by atoms with Gasteiger partial charge < -0.3 is 15.0 Å². The Morgan fingerprint density at radius 1 is 1.37 bits per heavy atom. The Hall–Kier alpha value is -2.09. The molecule has 1 saturated heterocycles. The molecule has 1 aromatic rings. The van der Waals surface area contributed by atoms with Gasteiger partial charge in [0.25, 0.3) is 5.69 Å². The first-order chi connectivity index (χ1) is 12.6. The molecule has 0 aliphatic carbocycles. The fraction of sp³-hybridized carbons (Fsp3) is 0.611. The summed E-state index contributed by atoms with van der Waals surface area (Å²) in [6.07, 6.45) is 2.89. The van der Waals surface area contributed by atoms with Crippen LogP contribution in [0.25, 0.3) is 0 Å². The third kappa shape index (κ3) is 5.95. The molecule has 0 aromatic heterocycles. The molecule has 0 unspecified atom stereocenters. The molecule has 2 rings (SSSR count). The molecule has 1 aliphatic heterocycles. The predicted octanol–water partition coefficient (Wildman–Crippen LogP) is 4.98. The average molecular weight is 402 g/mol. The molecule has 1 N–H and O–H groups in total. The van der Waals surface area contributed by atoms with Crippen molar-refractivity contribution in [3.63, 3.8) is 0 Å². The summed E-state index contributed by atoms with van der Waals surface area (Å²) >= 11 is 5.97. The molecule has 150 valence electrons. The maximum Gasteiger partial charge on any atom is 0.410 e. The molecule has 0 spiro atoms. The Kier molecular flexibility index (Phi) is 6.86. The number of nitrogens with zero attached hydrogens (tertiary/aromatic N) is 2. The minimum atomic E-state index is -0.736. The highest BCUT2D eigenvalue weighted by Crippen LogP contribution is 2.35. The number of hydrogen-bond acceptors (Lipinski definition) is 5. The van der Waals surface area contributed by atoms with Gasteiger partial charge in [-0.3, -0.25) is 10.1 Å². The lowest BCUT2D eigenvalue weighted by Crippen LogP contribution is -2.44. The fourth-order valence-corrected chi connectivity index (χ4v) is 3.18. The maximum atomic E-state index is 13.8. The number of likely N-dealkylation sites (tertiary alicyclic amines) is 1. The van der Waals surface area contributed by atoms with Crippen LogP contribution < -0.4 is 5.32 Å². The number of halogens is 2. The second-order valence-corrected chi connectivity index (χ2v) is 8.01. The van der Waals surface area contributed by atoms with Crippen molar-refractivity contribution in [2.45, 2.75) is 58.1 Å². The predicted molar refractivity (Wildman–Crippen MR) is 102 cm³/mol. The summed E-state index contributed by atoms with van der Waals surface area (Å²) in [7, 11) is 0. The van der Waals surface area contributed by atoms with Gasteiger partial charge in [0.2, 0.25) is 0 Å². The molecule has 7 nitrogen and oxygen atoms in total. The van der Waals surface area contributed by atoms with Crippen molar-refractivity contribution in [1.82, 2.24) is 4.90 Å². The first kappa shape index (κ1) is 21.2. The summed E-state index contributed by atoms with van der Waals surface area (Å²) < 4.78 is 19.3. The quantitative estimate of drug-likeness (QED) is 0.570. The topological polar surface area (TPSA) is 84.7 Å². The summed E-state index contributed by atoms with van der Waals surface area (Å²) in [6.45, 7) is 6.20. The summed E-state index contributed by atoms with van der Waals surface area (Å²) in [5.41, 5.74) is -0.976. The highest BCUT2D eigenvalue weighted by Gasteiger charge is 2.28. The van der Waals surface area contributed by atoms with Crippen molar-refractivity contribution in [1.29, 1.82) is 0 Å². The number of nitro benzene ring substituents is 1. The number of anilines is 1. The van der Waals surface area contributed by atoms with Gasteiger partial charge in [0.05, 0.1) is 4.92 Å². The highest BCUT2D eigenvalue weighted by molar-refractivity contribution is 6.33. The van der Waals surface area contributed by atoms with Gasteiger partial charge in [-0.15, -0.1) is 0 Å². The third-order valence-corrected chi connectivity index (χ3v) is 4.56. The SMILES string of the molecule is CC(C)(C)OC(=O)N1CCCCC[C@@H](Nc2c([N+](=O)[O-])ccc(F)c2Cl)C1. The van der Waals surface area contributed by atoms with Crippen LogP contribution in [0.3, 0.4) is 0 Å². The van der Waals surface area contributed by atoms with Crippen LogP contribution in [0.4, 0.5) is 20.6 Å². The lowest BCUT2D eigenvalue weighted by atomic mass is 10.0. The van der Waals surface area contributed by atoms with Gasteiger partial charge in [-0.1, -0.05) is 24.4 Å². The van der Waals surface area contributed by atoms with Gasteiger partial charge in [0.15, 0.2) is 0 Å². The van der Waals surface area contributed by atoms with Crippen molar-refractivity contribution in [2.24, 2.45) is 0 Å². The normalized spacial score (nSPS) is 18.4. The molecule has 1 atom stereocenters. The zero-order chi connectivity index (χ0) is 20.2. The Bertz CT molecular complexity index is 709. The monoisotopic (exact) mass is 401 g/mol. The van der Waals surface area contributed by atoms with E-state index in [9.17, 15) is 19.3 Å². The van der Waals surface area contributed by atoms with E-state index in [1.165, 1.54) is 0 Å². The highest BCUT2D eigenvalue weighted by atomic mass is 35.5. The van der Waals surface area contributed by atoms with Gasteiger partial charge in [-0.25, -0.2) is 9.18 Å². The van der Waals surface area contributed by atoms with Crippen LogP contribution in [0.15, 0.2) is 12.1 Å². The molecule has 0 radical (unpaired) electrons. The summed E-state index contributed by atoms with van der Waals surface area (Å²) in [5.74, 6) is -0.736. The summed E-state index contributed by atoms with van der Waals surface area (Å²) in [6, 6.07) is 1.74. The van der Waals surface area contributed by atoms with Crippen LogP contribution in [0, 0.1) is 15.9 Å². The third-order valence-electron chi connectivity index (χ3n) is 4.19. The van der Waals surface area contributed by atoms with E-state index in [1.807, 2.05) is 0 Å². The zero-order valence-electron chi connectivity index (χ0n) is 15.8.